The van der Waals surface area contributed by atoms with Crippen molar-refractivity contribution < 1.29 is 4.74 Å². The van der Waals surface area contributed by atoms with Gasteiger partial charge in [-0.2, -0.15) is 0 Å². The highest BCUT2D eigenvalue weighted by Gasteiger charge is 2.20. The maximum atomic E-state index is 5.42. The van der Waals surface area contributed by atoms with Crippen LogP contribution in [-0.4, -0.2) is 57.2 Å². The number of nitrogens with zero attached hydrogens (tertiary/aromatic N) is 5. The third-order valence-electron chi connectivity index (χ3n) is 4.75. The van der Waals surface area contributed by atoms with E-state index in [0.29, 0.717) is 0 Å². The van der Waals surface area contributed by atoms with Crippen LogP contribution in [0.1, 0.15) is 22.9 Å². The number of ether oxygens (including phenoxy) is 1. The van der Waals surface area contributed by atoms with E-state index in [2.05, 4.69) is 37.7 Å². The molecule has 0 aliphatic carbocycles. The van der Waals surface area contributed by atoms with Gasteiger partial charge < -0.3 is 9.30 Å². The van der Waals surface area contributed by atoms with E-state index in [1.165, 1.54) is 11.5 Å². The fourth-order valence-electron chi connectivity index (χ4n) is 3.48. The molecular weight excluding hydrogens is 302 g/mol. The average molecular weight is 327 g/mol. The molecule has 0 radical (unpaired) electrons. The van der Waals surface area contributed by atoms with E-state index in [-0.39, 0.29) is 0 Å². The molecule has 0 saturated carbocycles. The van der Waals surface area contributed by atoms with Crippen LogP contribution in [0.15, 0.2) is 24.4 Å². The molecule has 2 aromatic heterocycles. The number of hydrogen-bond donors (Lipinski definition) is 0. The topological polar surface area (TPSA) is 46.4 Å². The van der Waals surface area contributed by atoms with Crippen LogP contribution in [0.3, 0.4) is 0 Å². The number of aromatic nitrogens is 3. The molecule has 4 heterocycles. The summed E-state index contributed by atoms with van der Waals surface area (Å²) in [5, 5.41) is 0. The maximum absolute atomic E-state index is 5.42. The SMILES string of the molecule is Cc1cccc(CN2CCn3cc(CN4CCOCC4)nc3C2)n1. The van der Waals surface area contributed by atoms with Crippen molar-refractivity contribution in [3.63, 3.8) is 0 Å². The molecule has 1 fully saturated rings. The van der Waals surface area contributed by atoms with Crippen LogP contribution in [0.25, 0.3) is 0 Å². The summed E-state index contributed by atoms with van der Waals surface area (Å²) in [6.07, 6.45) is 2.23. The van der Waals surface area contributed by atoms with Crippen molar-refractivity contribution in [3.05, 3.63) is 47.3 Å². The van der Waals surface area contributed by atoms with Crippen LogP contribution in [0.5, 0.6) is 0 Å². The first kappa shape index (κ1) is 15.7. The molecule has 24 heavy (non-hydrogen) atoms. The Labute approximate surface area is 143 Å². The zero-order valence-electron chi connectivity index (χ0n) is 14.3. The van der Waals surface area contributed by atoms with Gasteiger partial charge in [-0.05, 0) is 19.1 Å². The van der Waals surface area contributed by atoms with E-state index >= 15 is 0 Å². The number of pyridine rings is 1. The van der Waals surface area contributed by atoms with Crippen molar-refractivity contribution >= 4 is 0 Å². The molecule has 2 aliphatic rings. The molecule has 0 unspecified atom stereocenters. The summed E-state index contributed by atoms with van der Waals surface area (Å²) in [7, 11) is 0. The second-order valence-corrected chi connectivity index (χ2v) is 6.71. The van der Waals surface area contributed by atoms with Gasteiger partial charge in [-0.1, -0.05) is 6.07 Å². The molecule has 2 aliphatic heterocycles. The average Bonchev–Trinajstić information content (AvgIpc) is 2.97. The molecule has 4 rings (SSSR count). The lowest BCUT2D eigenvalue weighted by Crippen LogP contribution is -2.35. The van der Waals surface area contributed by atoms with Crippen molar-refractivity contribution in [2.24, 2.45) is 0 Å². The Morgan fingerprint density at radius 2 is 1.79 bits per heavy atom. The molecule has 0 spiro atoms. The fraction of sp³-hybridized carbons (Fsp3) is 0.556. The Hall–Kier alpha value is -1.76. The third-order valence-corrected chi connectivity index (χ3v) is 4.75. The van der Waals surface area contributed by atoms with Crippen molar-refractivity contribution in [2.75, 3.05) is 32.8 Å². The molecular formula is C18H25N5O. The number of morpholine rings is 1. The van der Waals surface area contributed by atoms with E-state index in [1.807, 2.05) is 13.0 Å². The summed E-state index contributed by atoms with van der Waals surface area (Å²) in [5.41, 5.74) is 3.41. The predicted octanol–water partition coefficient (Wildman–Crippen LogP) is 1.43. The number of imidazole rings is 1. The summed E-state index contributed by atoms with van der Waals surface area (Å²) in [4.78, 5) is 14.3. The lowest BCUT2D eigenvalue weighted by atomic mass is 10.2. The van der Waals surface area contributed by atoms with Gasteiger partial charge in [0.05, 0.1) is 31.1 Å². The second kappa shape index (κ2) is 7.01. The summed E-state index contributed by atoms with van der Waals surface area (Å²) in [6, 6.07) is 6.24. The molecule has 6 heteroatoms. The molecule has 6 nitrogen and oxygen atoms in total. The lowest BCUT2D eigenvalue weighted by molar-refractivity contribution is 0.0337. The second-order valence-electron chi connectivity index (χ2n) is 6.71. The summed E-state index contributed by atoms with van der Waals surface area (Å²) < 4.78 is 7.73. The largest absolute Gasteiger partial charge is 0.379 e. The molecule has 0 bridgehead atoms. The van der Waals surface area contributed by atoms with Crippen LogP contribution in [-0.2, 0) is 30.9 Å². The smallest absolute Gasteiger partial charge is 0.123 e. The molecule has 0 amide bonds. The number of rotatable bonds is 4. The first-order valence-electron chi connectivity index (χ1n) is 8.76. The summed E-state index contributed by atoms with van der Waals surface area (Å²) >= 11 is 0. The highest BCUT2D eigenvalue weighted by atomic mass is 16.5. The highest BCUT2D eigenvalue weighted by molar-refractivity contribution is 5.11. The Kier molecular flexibility index (Phi) is 4.60. The number of aryl methyl sites for hydroxylation is 1. The van der Waals surface area contributed by atoms with E-state index in [4.69, 9.17) is 9.72 Å². The normalized spacial score (nSPS) is 19.4. The van der Waals surface area contributed by atoms with Gasteiger partial charge in [-0.3, -0.25) is 14.8 Å². The van der Waals surface area contributed by atoms with Crippen molar-refractivity contribution in [1.29, 1.82) is 0 Å². The van der Waals surface area contributed by atoms with E-state index < -0.39 is 0 Å². The quantitative estimate of drug-likeness (QED) is 0.850. The minimum absolute atomic E-state index is 0.838. The van der Waals surface area contributed by atoms with Crippen LogP contribution in [0.4, 0.5) is 0 Å². The lowest BCUT2D eigenvalue weighted by Gasteiger charge is -2.27. The molecule has 0 N–H and O–H groups in total. The van der Waals surface area contributed by atoms with Crippen LogP contribution in [0, 0.1) is 6.92 Å². The van der Waals surface area contributed by atoms with Gasteiger partial charge in [-0.15, -0.1) is 0 Å². The molecule has 1 saturated heterocycles. The van der Waals surface area contributed by atoms with Crippen molar-refractivity contribution in [3.8, 4) is 0 Å². The van der Waals surface area contributed by atoms with E-state index in [1.54, 1.807) is 0 Å². The molecule has 0 aromatic carbocycles. The zero-order valence-corrected chi connectivity index (χ0v) is 14.3. The zero-order chi connectivity index (χ0) is 16.4. The van der Waals surface area contributed by atoms with Gasteiger partial charge in [-0.25, -0.2) is 4.98 Å². The van der Waals surface area contributed by atoms with Crippen LogP contribution >= 0.6 is 0 Å². The third kappa shape index (κ3) is 3.66. The van der Waals surface area contributed by atoms with E-state index in [0.717, 1.165) is 70.4 Å². The summed E-state index contributed by atoms with van der Waals surface area (Å²) in [5.74, 6) is 1.18. The molecule has 128 valence electrons. The van der Waals surface area contributed by atoms with Gasteiger partial charge in [0, 0.05) is 51.2 Å². The standard InChI is InChI=1S/C18H25N5O/c1-15-3-2-4-16(19-15)11-22-5-6-23-13-17(20-18(23)14-22)12-21-7-9-24-10-8-21/h2-4,13H,5-12,14H2,1H3. The van der Waals surface area contributed by atoms with Gasteiger partial charge in [0.1, 0.15) is 5.82 Å². The molecule has 0 atom stereocenters. The van der Waals surface area contributed by atoms with Crippen LogP contribution in [0.2, 0.25) is 0 Å². The van der Waals surface area contributed by atoms with Crippen molar-refractivity contribution in [2.45, 2.75) is 33.1 Å². The minimum atomic E-state index is 0.838. The van der Waals surface area contributed by atoms with Crippen LogP contribution < -0.4 is 0 Å². The van der Waals surface area contributed by atoms with Gasteiger partial charge >= 0.3 is 0 Å². The van der Waals surface area contributed by atoms with E-state index in [9.17, 15) is 0 Å². The first-order valence-corrected chi connectivity index (χ1v) is 8.76. The Balaban J connectivity index is 1.39. The molecule has 2 aromatic rings. The predicted molar refractivity (Wildman–Crippen MR) is 91.4 cm³/mol. The highest BCUT2D eigenvalue weighted by Crippen LogP contribution is 2.16. The fourth-order valence-corrected chi connectivity index (χ4v) is 3.48. The Bertz CT molecular complexity index is 692. The minimum Gasteiger partial charge on any atom is -0.379 e. The van der Waals surface area contributed by atoms with Gasteiger partial charge in [0.25, 0.3) is 0 Å². The monoisotopic (exact) mass is 327 g/mol. The Morgan fingerprint density at radius 1 is 0.958 bits per heavy atom. The van der Waals surface area contributed by atoms with Gasteiger partial charge in [0.2, 0.25) is 0 Å². The number of fused-ring (bicyclic) bond motifs is 1. The Morgan fingerprint density at radius 3 is 2.62 bits per heavy atom. The van der Waals surface area contributed by atoms with Gasteiger partial charge in [0.15, 0.2) is 0 Å². The maximum Gasteiger partial charge on any atom is 0.123 e. The number of hydrogen-bond acceptors (Lipinski definition) is 5. The van der Waals surface area contributed by atoms with Crippen molar-refractivity contribution in [1.82, 2.24) is 24.3 Å². The summed E-state index contributed by atoms with van der Waals surface area (Å²) in [6.45, 7) is 10.5. The first-order chi connectivity index (χ1) is 11.8.